The summed E-state index contributed by atoms with van der Waals surface area (Å²) in [4.78, 5) is 33.7. The van der Waals surface area contributed by atoms with Gasteiger partial charge in [0.25, 0.3) is 11.5 Å². The molecule has 1 N–H and O–H groups in total. The molecule has 11 heteroatoms. The standard InChI is InChI=1S/C28H30N4O5S2/c1-17-6-9-24-30-25(29-15-19-5-4-12-37-19)20(26(33)32(24)16-17)14-23-27(34)31(28(38)39-23)11-10-18-7-8-21(35-2)22(13-18)36-3/h6-9,13-14,16,19,29H,4-5,10-12,15H2,1-3H3. The summed E-state index contributed by atoms with van der Waals surface area (Å²) in [5.74, 6) is 1.46. The maximum Gasteiger partial charge on any atom is 0.267 e. The van der Waals surface area contributed by atoms with Crippen LogP contribution in [0.15, 0.2) is 46.2 Å². The molecule has 1 amide bonds. The predicted octanol–water partition coefficient (Wildman–Crippen LogP) is 4.05. The van der Waals surface area contributed by atoms with E-state index in [1.807, 2.05) is 37.3 Å². The minimum absolute atomic E-state index is 0.0610. The highest BCUT2D eigenvalue weighted by molar-refractivity contribution is 8.26. The van der Waals surface area contributed by atoms with Crippen molar-refractivity contribution >= 4 is 51.7 Å². The molecule has 0 saturated carbocycles. The summed E-state index contributed by atoms with van der Waals surface area (Å²) in [7, 11) is 3.18. The van der Waals surface area contributed by atoms with Crippen LogP contribution in [0.25, 0.3) is 11.7 Å². The van der Waals surface area contributed by atoms with E-state index in [1.54, 1.807) is 31.4 Å². The maximum atomic E-state index is 13.6. The van der Waals surface area contributed by atoms with Gasteiger partial charge in [0.2, 0.25) is 0 Å². The third kappa shape index (κ3) is 5.80. The Morgan fingerprint density at radius 2 is 2.03 bits per heavy atom. The molecule has 2 aliphatic rings. The number of hydrogen-bond acceptors (Lipinski definition) is 9. The van der Waals surface area contributed by atoms with Gasteiger partial charge in [0.1, 0.15) is 15.8 Å². The van der Waals surface area contributed by atoms with Crippen molar-refractivity contribution in [1.82, 2.24) is 14.3 Å². The number of nitrogens with zero attached hydrogens (tertiary/aromatic N) is 3. The van der Waals surface area contributed by atoms with E-state index in [4.69, 9.17) is 31.4 Å². The van der Waals surface area contributed by atoms with Crippen molar-refractivity contribution in [2.45, 2.75) is 32.3 Å². The van der Waals surface area contributed by atoms with Crippen LogP contribution in [0.4, 0.5) is 5.82 Å². The fourth-order valence-electron chi connectivity index (χ4n) is 4.64. The predicted molar refractivity (Wildman–Crippen MR) is 157 cm³/mol. The number of thioether (sulfide) groups is 1. The summed E-state index contributed by atoms with van der Waals surface area (Å²) in [6, 6.07) is 9.39. The van der Waals surface area contributed by atoms with Crippen LogP contribution in [0.2, 0.25) is 0 Å². The van der Waals surface area contributed by atoms with Gasteiger partial charge < -0.3 is 19.5 Å². The molecule has 204 valence electrons. The number of anilines is 1. The molecule has 1 unspecified atom stereocenters. The Labute approximate surface area is 236 Å². The van der Waals surface area contributed by atoms with E-state index >= 15 is 0 Å². The number of nitrogens with one attached hydrogen (secondary N) is 1. The van der Waals surface area contributed by atoms with Crippen LogP contribution in [0, 0.1) is 6.92 Å². The molecule has 2 aromatic heterocycles. The molecule has 5 rings (SSSR count). The van der Waals surface area contributed by atoms with E-state index in [9.17, 15) is 9.59 Å². The van der Waals surface area contributed by atoms with Crippen molar-refractivity contribution < 1.29 is 19.0 Å². The Hall–Kier alpha value is -3.41. The van der Waals surface area contributed by atoms with Crippen molar-refractivity contribution in [3.8, 4) is 11.5 Å². The van der Waals surface area contributed by atoms with Gasteiger partial charge in [-0.2, -0.15) is 0 Å². The molecule has 4 heterocycles. The highest BCUT2D eigenvalue weighted by atomic mass is 32.2. The Bertz CT molecular complexity index is 1510. The number of fused-ring (bicyclic) bond motifs is 1. The normalized spacial score (nSPS) is 18.4. The molecule has 2 aliphatic heterocycles. The number of carbonyl (C=O) groups is 1. The summed E-state index contributed by atoms with van der Waals surface area (Å²) in [6.07, 6.45) is 5.96. The van der Waals surface area contributed by atoms with Crippen molar-refractivity contribution in [1.29, 1.82) is 0 Å². The lowest BCUT2D eigenvalue weighted by Gasteiger charge is -2.15. The minimum atomic E-state index is -0.255. The molecular weight excluding hydrogens is 536 g/mol. The van der Waals surface area contributed by atoms with Crippen LogP contribution in [0.3, 0.4) is 0 Å². The number of rotatable bonds is 9. The largest absolute Gasteiger partial charge is 0.493 e. The molecular formula is C28H30N4O5S2. The first-order chi connectivity index (χ1) is 18.9. The van der Waals surface area contributed by atoms with Crippen molar-refractivity contribution in [2.24, 2.45) is 0 Å². The van der Waals surface area contributed by atoms with Gasteiger partial charge in [-0.3, -0.25) is 18.9 Å². The summed E-state index contributed by atoms with van der Waals surface area (Å²) in [5.41, 5.74) is 2.50. The van der Waals surface area contributed by atoms with Gasteiger partial charge in [-0.05, 0) is 61.6 Å². The van der Waals surface area contributed by atoms with Gasteiger partial charge in [0.15, 0.2) is 11.5 Å². The van der Waals surface area contributed by atoms with Gasteiger partial charge in [-0.15, -0.1) is 0 Å². The second kappa shape index (κ2) is 11.8. The second-order valence-corrected chi connectivity index (χ2v) is 11.1. The fraction of sp³-hybridized carbons (Fsp3) is 0.357. The van der Waals surface area contributed by atoms with Gasteiger partial charge in [-0.1, -0.05) is 36.1 Å². The van der Waals surface area contributed by atoms with Crippen LogP contribution in [0.1, 0.15) is 29.5 Å². The maximum absolute atomic E-state index is 13.6. The van der Waals surface area contributed by atoms with Gasteiger partial charge in [0.05, 0.1) is 30.8 Å². The molecule has 39 heavy (non-hydrogen) atoms. The Kier molecular flexibility index (Phi) is 8.20. The zero-order chi connectivity index (χ0) is 27.5. The number of hydrogen-bond donors (Lipinski definition) is 1. The highest BCUT2D eigenvalue weighted by Gasteiger charge is 2.32. The molecule has 3 aromatic rings. The van der Waals surface area contributed by atoms with Crippen LogP contribution >= 0.6 is 24.0 Å². The zero-order valence-corrected chi connectivity index (χ0v) is 23.7. The smallest absolute Gasteiger partial charge is 0.267 e. The molecule has 0 bridgehead atoms. The quantitative estimate of drug-likeness (QED) is 0.304. The first-order valence-electron chi connectivity index (χ1n) is 12.7. The molecule has 1 atom stereocenters. The number of thiocarbonyl (C=S) groups is 1. The van der Waals surface area contributed by atoms with E-state index in [0.717, 1.165) is 30.6 Å². The number of benzene rings is 1. The topological polar surface area (TPSA) is 94.4 Å². The Morgan fingerprint density at radius 3 is 2.77 bits per heavy atom. The lowest BCUT2D eigenvalue weighted by atomic mass is 10.1. The number of aryl methyl sites for hydroxylation is 1. The van der Waals surface area contributed by atoms with Crippen LogP contribution in [0.5, 0.6) is 11.5 Å². The molecule has 0 spiro atoms. The lowest BCUT2D eigenvalue weighted by molar-refractivity contribution is -0.122. The summed E-state index contributed by atoms with van der Waals surface area (Å²) in [6.45, 7) is 3.58. The van der Waals surface area contributed by atoms with Crippen molar-refractivity contribution in [3.05, 3.63) is 68.5 Å². The van der Waals surface area contributed by atoms with E-state index in [2.05, 4.69) is 5.32 Å². The molecule has 1 aromatic carbocycles. The summed E-state index contributed by atoms with van der Waals surface area (Å²) in [5, 5.41) is 3.30. The third-order valence-electron chi connectivity index (χ3n) is 6.75. The number of aromatic nitrogens is 2. The Balaban J connectivity index is 1.41. The number of ether oxygens (including phenoxy) is 3. The Morgan fingerprint density at radius 1 is 1.21 bits per heavy atom. The third-order valence-corrected chi connectivity index (χ3v) is 8.13. The van der Waals surface area contributed by atoms with Gasteiger partial charge in [0, 0.05) is 25.9 Å². The minimum Gasteiger partial charge on any atom is -0.493 e. The monoisotopic (exact) mass is 566 g/mol. The van der Waals surface area contributed by atoms with Crippen LogP contribution < -0.4 is 20.3 Å². The zero-order valence-electron chi connectivity index (χ0n) is 22.1. The van der Waals surface area contributed by atoms with E-state index in [0.29, 0.717) is 57.3 Å². The number of methoxy groups -OCH3 is 2. The molecule has 2 saturated heterocycles. The second-order valence-electron chi connectivity index (χ2n) is 9.40. The highest BCUT2D eigenvalue weighted by Crippen LogP contribution is 2.34. The molecule has 0 radical (unpaired) electrons. The first-order valence-corrected chi connectivity index (χ1v) is 13.9. The SMILES string of the molecule is COc1ccc(CCN2C(=O)C(=Cc3c(NCC4CCCO4)nc4ccc(C)cn4c3=O)SC2=S)cc1OC. The lowest BCUT2D eigenvalue weighted by Crippen LogP contribution is -2.30. The van der Waals surface area contributed by atoms with Crippen molar-refractivity contribution in [2.75, 3.05) is 39.2 Å². The van der Waals surface area contributed by atoms with Gasteiger partial charge >= 0.3 is 0 Å². The number of pyridine rings is 1. The summed E-state index contributed by atoms with van der Waals surface area (Å²) < 4.78 is 18.4. The van der Waals surface area contributed by atoms with E-state index < -0.39 is 0 Å². The van der Waals surface area contributed by atoms with Gasteiger partial charge in [-0.25, -0.2) is 4.98 Å². The first kappa shape index (κ1) is 27.2. The summed E-state index contributed by atoms with van der Waals surface area (Å²) >= 11 is 6.74. The molecule has 0 aliphatic carbocycles. The van der Waals surface area contributed by atoms with Crippen molar-refractivity contribution in [3.63, 3.8) is 0 Å². The number of carbonyl (C=O) groups excluding carboxylic acids is 1. The average Bonchev–Trinajstić information content (AvgIpc) is 3.55. The molecule has 9 nitrogen and oxygen atoms in total. The molecule has 2 fully saturated rings. The van der Waals surface area contributed by atoms with Crippen LogP contribution in [-0.4, -0.2) is 64.5 Å². The number of amides is 1. The van der Waals surface area contributed by atoms with E-state index in [1.165, 1.54) is 16.2 Å². The van der Waals surface area contributed by atoms with E-state index in [-0.39, 0.29) is 17.6 Å². The van der Waals surface area contributed by atoms with Crippen LogP contribution in [-0.2, 0) is 16.0 Å². The average molecular weight is 567 g/mol. The fourth-order valence-corrected chi connectivity index (χ4v) is 5.93.